The fraction of sp³-hybridized carbons (Fsp3) is 0.944. The summed E-state index contributed by atoms with van der Waals surface area (Å²) in [6, 6.07) is 2.82. The smallest absolute Gasteiger partial charge is 0.314 e. The highest BCUT2D eigenvalue weighted by Gasteiger charge is 2.39. The van der Waals surface area contributed by atoms with Crippen LogP contribution in [0.4, 0.5) is 4.79 Å². The van der Waals surface area contributed by atoms with Crippen molar-refractivity contribution in [3.8, 4) is 0 Å². The third kappa shape index (κ3) is 3.66. The van der Waals surface area contributed by atoms with Gasteiger partial charge in [-0.3, -0.25) is 9.80 Å². The van der Waals surface area contributed by atoms with Crippen LogP contribution in [-0.4, -0.2) is 66.2 Å². The van der Waals surface area contributed by atoms with Crippen molar-refractivity contribution in [3.05, 3.63) is 0 Å². The molecule has 0 aromatic rings. The number of rotatable bonds is 6. The summed E-state index contributed by atoms with van der Waals surface area (Å²) in [5, 5.41) is 6.19. The average molecular weight is 320 g/mol. The maximum atomic E-state index is 12.0. The lowest BCUT2D eigenvalue weighted by atomic mass is 9.89. The van der Waals surface area contributed by atoms with Crippen molar-refractivity contribution in [2.75, 3.05) is 26.2 Å². The molecule has 2 amide bonds. The monoisotopic (exact) mass is 320 g/mol. The summed E-state index contributed by atoms with van der Waals surface area (Å²) in [5.74, 6) is 0. The molecule has 2 heterocycles. The first-order chi connectivity index (χ1) is 11.3. The molecule has 4 fully saturated rings. The van der Waals surface area contributed by atoms with Crippen LogP contribution < -0.4 is 10.6 Å². The Morgan fingerprint density at radius 1 is 0.739 bits per heavy atom. The Labute approximate surface area is 140 Å². The molecular formula is C18H32N4O. The minimum absolute atomic E-state index is 0.0307. The van der Waals surface area contributed by atoms with Crippen LogP contribution in [0.3, 0.4) is 0 Å². The van der Waals surface area contributed by atoms with E-state index in [0.717, 1.165) is 25.2 Å². The van der Waals surface area contributed by atoms with Crippen LogP contribution in [0.2, 0.25) is 0 Å². The lowest BCUT2D eigenvalue weighted by molar-refractivity contribution is 0.0255. The molecule has 2 aliphatic carbocycles. The fourth-order valence-corrected chi connectivity index (χ4v) is 4.62. The lowest BCUT2D eigenvalue weighted by Crippen LogP contribution is -2.59. The molecule has 130 valence electrons. The van der Waals surface area contributed by atoms with E-state index < -0.39 is 0 Å². The second kappa shape index (κ2) is 6.98. The molecule has 4 aliphatic rings. The molecule has 0 aromatic carbocycles. The Hall–Kier alpha value is -0.810. The van der Waals surface area contributed by atoms with Crippen LogP contribution in [-0.2, 0) is 0 Å². The van der Waals surface area contributed by atoms with Crippen molar-refractivity contribution in [2.24, 2.45) is 0 Å². The van der Waals surface area contributed by atoms with Gasteiger partial charge < -0.3 is 10.6 Å². The van der Waals surface area contributed by atoms with Crippen LogP contribution in [0.5, 0.6) is 0 Å². The third-order valence-corrected chi connectivity index (χ3v) is 6.44. The molecular weight excluding hydrogens is 288 g/mol. The number of urea groups is 1. The summed E-state index contributed by atoms with van der Waals surface area (Å²) in [7, 11) is 0. The van der Waals surface area contributed by atoms with E-state index >= 15 is 0 Å². The van der Waals surface area contributed by atoms with Gasteiger partial charge in [-0.1, -0.05) is 19.3 Å². The second-order valence-corrected chi connectivity index (χ2v) is 7.97. The van der Waals surface area contributed by atoms with Gasteiger partial charge in [-0.2, -0.15) is 0 Å². The minimum atomic E-state index is 0.0307. The van der Waals surface area contributed by atoms with E-state index in [1.165, 1.54) is 70.9 Å². The number of nitrogens with one attached hydrogen (secondary N) is 2. The van der Waals surface area contributed by atoms with Crippen molar-refractivity contribution >= 4 is 6.03 Å². The number of hydrogen-bond acceptors (Lipinski definition) is 3. The standard InChI is InChI=1S/C18H32N4O/c23-18(20-13-17-9-11-22(17)15-6-7-15)19-12-16-8-10-21(16)14-4-2-1-3-5-14/h14-17H,1-13H2,(H2,19,20,23). The van der Waals surface area contributed by atoms with E-state index in [4.69, 9.17) is 0 Å². The molecule has 2 aliphatic heterocycles. The van der Waals surface area contributed by atoms with Crippen LogP contribution in [0.15, 0.2) is 0 Å². The normalized spacial score (nSPS) is 32.9. The van der Waals surface area contributed by atoms with E-state index in [1.807, 2.05) is 0 Å². The van der Waals surface area contributed by atoms with Crippen LogP contribution >= 0.6 is 0 Å². The number of carbonyl (C=O) groups is 1. The largest absolute Gasteiger partial charge is 0.337 e. The summed E-state index contributed by atoms with van der Waals surface area (Å²) in [5.41, 5.74) is 0. The number of nitrogens with zero attached hydrogens (tertiary/aromatic N) is 2. The van der Waals surface area contributed by atoms with Crippen LogP contribution in [0.1, 0.15) is 57.8 Å². The maximum Gasteiger partial charge on any atom is 0.314 e. The van der Waals surface area contributed by atoms with Crippen LogP contribution in [0.25, 0.3) is 0 Å². The SMILES string of the molecule is O=C(NCC1CCN1C1CCCCC1)NCC1CCN1C1CC1. The van der Waals surface area contributed by atoms with E-state index in [9.17, 15) is 4.79 Å². The van der Waals surface area contributed by atoms with Crippen molar-refractivity contribution in [1.29, 1.82) is 0 Å². The molecule has 0 spiro atoms. The Morgan fingerprint density at radius 2 is 1.26 bits per heavy atom. The number of carbonyl (C=O) groups excluding carboxylic acids is 1. The first-order valence-corrected chi connectivity index (χ1v) is 9.84. The zero-order valence-corrected chi connectivity index (χ0v) is 14.3. The summed E-state index contributed by atoms with van der Waals surface area (Å²) < 4.78 is 0. The maximum absolute atomic E-state index is 12.0. The predicted molar refractivity (Wildman–Crippen MR) is 91.5 cm³/mol. The quantitative estimate of drug-likeness (QED) is 0.786. The Balaban J connectivity index is 1.12. The van der Waals surface area contributed by atoms with Crippen molar-refractivity contribution in [3.63, 3.8) is 0 Å². The highest BCUT2D eigenvalue weighted by Crippen LogP contribution is 2.34. The lowest BCUT2D eigenvalue weighted by Gasteiger charge is -2.47. The van der Waals surface area contributed by atoms with Gasteiger partial charge in [0.05, 0.1) is 0 Å². The Bertz CT molecular complexity index is 419. The number of hydrogen-bond donors (Lipinski definition) is 2. The van der Waals surface area contributed by atoms with Crippen LogP contribution in [0, 0.1) is 0 Å². The highest BCUT2D eigenvalue weighted by atomic mass is 16.2. The zero-order valence-electron chi connectivity index (χ0n) is 14.3. The molecule has 2 saturated carbocycles. The molecule has 4 rings (SSSR count). The molecule has 2 atom stereocenters. The highest BCUT2D eigenvalue weighted by molar-refractivity contribution is 5.73. The van der Waals surface area contributed by atoms with Gasteiger partial charge >= 0.3 is 6.03 Å². The van der Waals surface area contributed by atoms with Gasteiger partial charge in [0.2, 0.25) is 0 Å². The first kappa shape index (κ1) is 15.7. The topological polar surface area (TPSA) is 47.6 Å². The van der Waals surface area contributed by atoms with E-state index in [1.54, 1.807) is 0 Å². The summed E-state index contributed by atoms with van der Waals surface area (Å²) in [6.07, 6.45) is 12.1. The Morgan fingerprint density at radius 3 is 1.70 bits per heavy atom. The number of amides is 2. The second-order valence-electron chi connectivity index (χ2n) is 7.97. The van der Waals surface area contributed by atoms with Gasteiger partial charge in [-0.25, -0.2) is 4.79 Å². The molecule has 0 bridgehead atoms. The van der Waals surface area contributed by atoms with Crippen molar-refractivity contribution in [2.45, 2.75) is 82.0 Å². The van der Waals surface area contributed by atoms with Gasteiger partial charge in [-0.05, 0) is 38.5 Å². The average Bonchev–Trinajstić information content (AvgIpc) is 3.31. The summed E-state index contributed by atoms with van der Waals surface area (Å²) in [6.45, 7) is 4.10. The van der Waals surface area contributed by atoms with Gasteiger partial charge in [0, 0.05) is 50.3 Å². The molecule has 0 radical (unpaired) electrons. The van der Waals surface area contributed by atoms with Gasteiger partial charge in [0.25, 0.3) is 0 Å². The molecule has 5 nitrogen and oxygen atoms in total. The molecule has 0 aromatic heterocycles. The fourth-order valence-electron chi connectivity index (χ4n) is 4.62. The first-order valence-electron chi connectivity index (χ1n) is 9.84. The van der Waals surface area contributed by atoms with Crippen molar-refractivity contribution < 1.29 is 4.79 Å². The van der Waals surface area contributed by atoms with Gasteiger partial charge in [0.1, 0.15) is 0 Å². The zero-order chi connectivity index (χ0) is 15.6. The summed E-state index contributed by atoms with van der Waals surface area (Å²) >= 11 is 0. The third-order valence-electron chi connectivity index (χ3n) is 6.44. The Kier molecular flexibility index (Phi) is 4.76. The minimum Gasteiger partial charge on any atom is -0.337 e. The molecule has 23 heavy (non-hydrogen) atoms. The molecule has 2 N–H and O–H groups in total. The van der Waals surface area contributed by atoms with Crippen molar-refractivity contribution in [1.82, 2.24) is 20.4 Å². The predicted octanol–water partition coefficient (Wildman–Crippen LogP) is 1.93. The number of likely N-dealkylation sites (tertiary alicyclic amines) is 2. The van der Waals surface area contributed by atoms with Gasteiger partial charge in [0.15, 0.2) is 0 Å². The molecule has 2 saturated heterocycles. The van der Waals surface area contributed by atoms with E-state index in [-0.39, 0.29) is 6.03 Å². The van der Waals surface area contributed by atoms with Gasteiger partial charge in [-0.15, -0.1) is 0 Å². The van der Waals surface area contributed by atoms with E-state index in [2.05, 4.69) is 20.4 Å². The molecule has 2 unspecified atom stereocenters. The summed E-state index contributed by atoms with van der Waals surface area (Å²) in [4.78, 5) is 17.3. The molecule has 5 heteroatoms. The van der Waals surface area contributed by atoms with E-state index in [0.29, 0.717) is 12.1 Å².